The van der Waals surface area contributed by atoms with E-state index in [-0.39, 0.29) is 47.1 Å². The molecule has 2 atom stereocenters. The number of hydrogen-bond donors (Lipinski definition) is 5. The Kier molecular flexibility index (Phi) is 13.8. The monoisotopic (exact) mass is 923 g/mol. The molecule has 2 saturated heterocycles. The van der Waals surface area contributed by atoms with Crippen LogP contribution in [0.25, 0.3) is 5.70 Å². The summed E-state index contributed by atoms with van der Waals surface area (Å²) in [6.07, 6.45) is 1.08. The molecule has 68 heavy (non-hydrogen) atoms. The summed E-state index contributed by atoms with van der Waals surface area (Å²) >= 11 is 0. The molecule has 0 spiro atoms. The first-order valence-corrected chi connectivity index (χ1v) is 22.9. The fourth-order valence-electron chi connectivity index (χ4n) is 8.79. The molecule has 17 heteroatoms. The predicted octanol–water partition coefficient (Wildman–Crippen LogP) is 4.63. The number of likely N-dealkylation sites (N-methyl/N-ethyl adjacent to an activating group) is 1. The summed E-state index contributed by atoms with van der Waals surface area (Å²) in [6.45, 7) is 12.6. The van der Waals surface area contributed by atoms with Crippen molar-refractivity contribution in [3.05, 3.63) is 130 Å². The minimum absolute atomic E-state index is 0.0218. The Morgan fingerprint density at radius 1 is 0.794 bits per heavy atom. The van der Waals surface area contributed by atoms with Gasteiger partial charge in [0.15, 0.2) is 6.17 Å². The van der Waals surface area contributed by atoms with Crippen molar-refractivity contribution in [3.8, 4) is 0 Å². The van der Waals surface area contributed by atoms with Crippen molar-refractivity contribution < 1.29 is 38.3 Å². The van der Waals surface area contributed by atoms with Crippen molar-refractivity contribution in [1.29, 1.82) is 0 Å². The molecule has 0 saturated carbocycles. The number of benzene rings is 4. The lowest BCUT2D eigenvalue weighted by Gasteiger charge is -2.34. The van der Waals surface area contributed by atoms with Gasteiger partial charge in [-0.05, 0) is 84.5 Å². The quantitative estimate of drug-likeness (QED) is 0.0869. The van der Waals surface area contributed by atoms with Gasteiger partial charge in [0.2, 0.25) is 11.8 Å². The van der Waals surface area contributed by atoms with E-state index in [2.05, 4.69) is 52.3 Å². The Hall–Kier alpha value is -7.37. The smallest absolute Gasteiger partial charge is 0.269 e. The zero-order valence-electron chi connectivity index (χ0n) is 38.9. The fraction of sp³-hybridized carbons (Fsp3) is 0.353. The van der Waals surface area contributed by atoms with Crippen LogP contribution in [0.15, 0.2) is 91.1 Å². The van der Waals surface area contributed by atoms with Crippen molar-refractivity contribution in [2.24, 2.45) is 0 Å². The zero-order valence-corrected chi connectivity index (χ0v) is 38.9. The van der Waals surface area contributed by atoms with Gasteiger partial charge in [0.25, 0.3) is 29.5 Å². The van der Waals surface area contributed by atoms with E-state index in [4.69, 9.17) is 4.74 Å². The predicted molar refractivity (Wildman–Crippen MR) is 257 cm³/mol. The summed E-state index contributed by atoms with van der Waals surface area (Å²) in [5.74, 6) is -2.69. The molecule has 4 aliphatic rings. The molecule has 0 aliphatic carbocycles. The maximum atomic E-state index is 13.5. The largest absolute Gasteiger partial charge is 0.382 e. The van der Waals surface area contributed by atoms with Crippen LogP contribution < -0.4 is 26.6 Å². The number of piperazine rings is 1. The number of carbonyl (C=O) groups is 7. The molecule has 4 aliphatic heterocycles. The van der Waals surface area contributed by atoms with Crippen molar-refractivity contribution in [1.82, 2.24) is 30.2 Å². The molecular weight excluding hydrogens is 867 g/mol. The number of rotatable bonds is 14. The van der Waals surface area contributed by atoms with Crippen LogP contribution in [-0.2, 0) is 24.5 Å². The van der Waals surface area contributed by atoms with Gasteiger partial charge >= 0.3 is 0 Å². The standard InChI is InChI=1S/C51H57N9O8/c1-31-36(8-6-10-38(31)55-45(62)32-12-16-34(17-13-32)51(2,3)4)40-30-57(5)50(67)44(54-40)53-35-18-14-33(15-19-35)47(64)59-25-23-58(24-26-59)27-29-68-28-22-52-39-11-7-9-37-43(39)49(66)60(48(37)65)41-20-21-42(61)56-46(41)63/h6-19,30,41,44,52-54H,20-29H2,1-5H3,(H,55,62)(H,56,61,63). The SMILES string of the molecule is Cc1c(NC(=O)c2ccc(C(C)(C)C)cc2)cccc1C1=CN(C)C(=O)C(Nc2ccc(C(=O)N3CCN(CCOCCNc4cccc5c4C(=O)N(C4CCC(=O)NC4=O)C5=O)CC3)cc2)N1. The molecular formula is C51H57N9O8. The van der Waals surface area contributed by atoms with E-state index in [1.54, 1.807) is 55.7 Å². The molecule has 0 bridgehead atoms. The first-order chi connectivity index (χ1) is 32.6. The maximum Gasteiger partial charge on any atom is 0.269 e. The summed E-state index contributed by atoms with van der Waals surface area (Å²) in [4.78, 5) is 97.2. The molecule has 8 rings (SSSR count). The third-order valence-electron chi connectivity index (χ3n) is 12.8. The number of carbonyl (C=O) groups excluding carboxylic acids is 7. The van der Waals surface area contributed by atoms with Gasteiger partial charge in [-0.1, -0.05) is 51.1 Å². The second-order valence-electron chi connectivity index (χ2n) is 18.4. The number of ether oxygens (including phenoxy) is 1. The lowest BCUT2D eigenvalue weighted by atomic mass is 9.86. The van der Waals surface area contributed by atoms with Crippen molar-refractivity contribution in [2.75, 3.05) is 75.5 Å². The Bertz CT molecular complexity index is 2670. The van der Waals surface area contributed by atoms with Crippen LogP contribution in [0.3, 0.4) is 0 Å². The highest BCUT2D eigenvalue weighted by Crippen LogP contribution is 2.33. The van der Waals surface area contributed by atoms with Gasteiger partial charge in [-0.25, -0.2) is 0 Å². The van der Waals surface area contributed by atoms with Crippen LogP contribution in [0.5, 0.6) is 0 Å². The highest BCUT2D eigenvalue weighted by molar-refractivity contribution is 6.25. The number of amides is 7. The summed E-state index contributed by atoms with van der Waals surface area (Å²) < 4.78 is 5.88. The molecule has 354 valence electrons. The first-order valence-electron chi connectivity index (χ1n) is 22.9. The van der Waals surface area contributed by atoms with E-state index in [9.17, 15) is 33.6 Å². The topological polar surface area (TPSA) is 202 Å². The van der Waals surface area contributed by atoms with Gasteiger partial charge in [0, 0.05) is 92.7 Å². The number of hydrogen-bond acceptors (Lipinski definition) is 12. The molecule has 5 N–H and O–H groups in total. The summed E-state index contributed by atoms with van der Waals surface area (Å²) in [5, 5.41) is 15.1. The number of nitrogens with zero attached hydrogens (tertiary/aromatic N) is 4. The number of nitrogens with one attached hydrogen (secondary N) is 5. The van der Waals surface area contributed by atoms with Crippen molar-refractivity contribution in [2.45, 2.75) is 58.2 Å². The fourth-order valence-corrected chi connectivity index (χ4v) is 8.79. The third kappa shape index (κ3) is 10.1. The molecule has 17 nitrogen and oxygen atoms in total. The van der Waals surface area contributed by atoms with Crippen molar-refractivity contribution >= 4 is 64.1 Å². The van der Waals surface area contributed by atoms with Crippen LogP contribution >= 0.6 is 0 Å². The molecule has 4 aromatic carbocycles. The minimum atomic E-state index is -1.03. The first kappa shape index (κ1) is 47.1. The van der Waals surface area contributed by atoms with Gasteiger partial charge in [0.1, 0.15) is 6.04 Å². The number of fused-ring (bicyclic) bond motifs is 1. The lowest BCUT2D eigenvalue weighted by Crippen LogP contribution is -2.54. The van der Waals surface area contributed by atoms with Gasteiger partial charge in [0.05, 0.1) is 30.0 Å². The molecule has 0 aromatic heterocycles. The van der Waals surface area contributed by atoms with Gasteiger partial charge in [-0.15, -0.1) is 0 Å². The van der Waals surface area contributed by atoms with E-state index in [1.165, 1.54) is 4.90 Å². The second-order valence-corrected chi connectivity index (χ2v) is 18.4. The number of piperidine rings is 1. The van der Waals surface area contributed by atoms with E-state index >= 15 is 0 Å². The molecule has 0 radical (unpaired) electrons. The van der Waals surface area contributed by atoms with Gasteiger partial charge in [-0.3, -0.25) is 48.7 Å². The Labute approximate surface area is 395 Å². The van der Waals surface area contributed by atoms with Gasteiger partial charge in [-0.2, -0.15) is 0 Å². The lowest BCUT2D eigenvalue weighted by molar-refractivity contribution is -0.136. The minimum Gasteiger partial charge on any atom is -0.382 e. The third-order valence-corrected chi connectivity index (χ3v) is 12.8. The normalized spacial score (nSPS) is 18.8. The maximum absolute atomic E-state index is 13.5. The zero-order chi connectivity index (χ0) is 48.3. The van der Waals surface area contributed by atoms with Crippen LogP contribution in [0.4, 0.5) is 17.1 Å². The molecule has 2 unspecified atom stereocenters. The summed E-state index contributed by atoms with van der Waals surface area (Å²) in [6, 6.07) is 24.3. The number of anilines is 3. The highest BCUT2D eigenvalue weighted by Gasteiger charge is 2.45. The van der Waals surface area contributed by atoms with Crippen LogP contribution in [0.1, 0.15) is 91.7 Å². The summed E-state index contributed by atoms with van der Waals surface area (Å²) in [7, 11) is 1.70. The average molecular weight is 924 g/mol. The second kappa shape index (κ2) is 19.8. The molecule has 2 fully saturated rings. The van der Waals surface area contributed by atoms with Crippen LogP contribution in [0, 0.1) is 6.92 Å². The van der Waals surface area contributed by atoms with Crippen molar-refractivity contribution in [3.63, 3.8) is 0 Å². The summed E-state index contributed by atoms with van der Waals surface area (Å²) in [5.41, 5.74) is 6.79. The molecule has 4 aromatic rings. The van der Waals surface area contributed by atoms with Crippen LogP contribution in [0.2, 0.25) is 0 Å². The Morgan fingerprint density at radius 2 is 1.47 bits per heavy atom. The van der Waals surface area contributed by atoms with Gasteiger partial charge < -0.3 is 35.8 Å². The van der Waals surface area contributed by atoms with E-state index in [1.807, 2.05) is 54.3 Å². The van der Waals surface area contributed by atoms with E-state index in [0.29, 0.717) is 86.4 Å². The Balaban J connectivity index is 0.771. The van der Waals surface area contributed by atoms with Crippen LogP contribution in [-0.4, -0.2) is 133 Å². The highest BCUT2D eigenvalue weighted by atomic mass is 16.5. The average Bonchev–Trinajstić information content (AvgIpc) is 3.58. The Morgan fingerprint density at radius 3 is 2.16 bits per heavy atom. The molecule has 4 heterocycles. The van der Waals surface area contributed by atoms with E-state index in [0.717, 1.165) is 21.6 Å². The molecule has 7 amide bonds. The van der Waals surface area contributed by atoms with E-state index < -0.39 is 35.8 Å². The number of imide groups is 2.